The number of nitrogens with zero attached hydrogens (tertiary/aromatic N) is 2. The van der Waals surface area contributed by atoms with Crippen LogP contribution >= 0.6 is 0 Å². The van der Waals surface area contributed by atoms with E-state index >= 15 is 0 Å². The van der Waals surface area contributed by atoms with Gasteiger partial charge in [0.1, 0.15) is 12.4 Å². The van der Waals surface area contributed by atoms with E-state index in [0.29, 0.717) is 6.61 Å². The summed E-state index contributed by atoms with van der Waals surface area (Å²) in [5.41, 5.74) is 2.47. The molecule has 106 valence electrons. The van der Waals surface area contributed by atoms with Crippen LogP contribution in [0, 0.1) is 6.92 Å². The molecule has 0 saturated heterocycles. The zero-order valence-corrected chi connectivity index (χ0v) is 11.9. The number of rotatable bonds is 7. The highest BCUT2D eigenvalue weighted by Gasteiger charge is 2.19. The molecule has 1 saturated carbocycles. The Kier molecular flexibility index (Phi) is 4.02. The molecule has 4 heteroatoms. The summed E-state index contributed by atoms with van der Waals surface area (Å²) in [4.78, 5) is 0. The van der Waals surface area contributed by atoms with Crippen molar-refractivity contribution in [3.05, 3.63) is 47.8 Å². The van der Waals surface area contributed by atoms with Crippen molar-refractivity contribution in [1.82, 2.24) is 15.1 Å². The molecule has 0 unspecified atom stereocenters. The van der Waals surface area contributed by atoms with Crippen LogP contribution in [0.3, 0.4) is 0 Å². The zero-order chi connectivity index (χ0) is 13.8. The number of hydrogen-bond acceptors (Lipinski definition) is 3. The van der Waals surface area contributed by atoms with Crippen molar-refractivity contribution in [3.8, 4) is 5.75 Å². The van der Waals surface area contributed by atoms with Gasteiger partial charge in [-0.25, -0.2) is 0 Å². The Balaban J connectivity index is 1.44. The molecule has 1 aromatic carbocycles. The molecule has 0 bridgehead atoms. The highest BCUT2D eigenvalue weighted by molar-refractivity contribution is 5.27. The summed E-state index contributed by atoms with van der Waals surface area (Å²) in [6.07, 6.45) is 4.47. The summed E-state index contributed by atoms with van der Waals surface area (Å²) in [6, 6.07) is 11.1. The van der Waals surface area contributed by atoms with Crippen LogP contribution in [0.1, 0.15) is 24.1 Å². The fraction of sp³-hybridized carbons (Fsp3) is 0.438. The van der Waals surface area contributed by atoms with Gasteiger partial charge in [-0.3, -0.25) is 4.68 Å². The number of ether oxygens (including phenoxy) is 1. The van der Waals surface area contributed by atoms with E-state index in [4.69, 9.17) is 4.74 Å². The van der Waals surface area contributed by atoms with Crippen LogP contribution in [0.2, 0.25) is 0 Å². The van der Waals surface area contributed by atoms with E-state index in [9.17, 15) is 0 Å². The fourth-order valence-electron chi connectivity index (χ4n) is 2.14. The molecule has 1 N–H and O–H groups in total. The van der Waals surface area contributed by atoms with E-state index in [1.54, 1.807) is 0 Å². The van der Waals surface area contributed by atoms with Gasteiger partial charge in [0.2, 0.25) is 0 Å². The Morgan fingerprint density at radius 3 is 2.70 bits per heavy atom. The quantitative estimate of drug-likeness (QED) is 0.841. The molecule has 1 heterocycles. The van der Waals surface area contributed by atoms with Crippen LogP contribution in [-0.4, -0.2) is 22.4 Å². The smallest absolute Gasteiger partial charge is 0.119 e. The Labute approximate surface area is 119 Å². The number of benzene rings is 1. The second kappa shape index (κ2) is 6.09. The monoisotopic (exact) mass is 271 g/mol. The third-order valence-electron chi connectivity index (χ3n) is 3.60. The lowest BCUT2D eigenvalue weighted by Gasteiger charge is -2.09. The minimum absolute atomic E-state index is 0.641. The average Bonchev–Trinajstić information content (AvgIpc) is 3.21. The lowest BCUT2D eigenvalue weighted by Crippen LogP contribution is -2.15. The van der Waals surface area contributed by atoms with Crippen LogP contribution in [0.25, 0.3) is 0 Å². The van der Waals surface area contributed by atoms with Gasteiger partial charge in [0, 0.05) is 24.5 Å². The van der Waals surface area contributed by atoms with Gasteiger partial charge in [-0.15, -0.1) is 0 Å². The van der Waals surface area contributed by atoms with Crippen LogP contribution in [0.5, 0.6) is 5.75 Å². The van der Waals surface area contributed by atoms with Gasteiger partial charge in [0.25, 0.3) is 0 Å². The largest absolute Gasteiger partial charge is 0.492 e. The lowest BCUT2D eigenvalue weighted by atomic mass is 10.2. The first-order chi connectivity index (χ1) is 9.81. The highest BCUT2D eigenvalue weighted by Crippen LogP contribution is 2.19. The molecule has 0 radical (unpaired) electrons. The second-order valence-electron chi connectivity index (χ2n) is 5.34. The summed E-state index contributed by atoms with van der Waals surface area (Å²) < 4.78 is 7.70. The third-order valence-corrected chi connectivity index (χ3v) is 3.60. The third kappa shape index (κ3) is 3.61. The Morgan fingerprint density at radius 1 is 1.25 bits per heavy atom. The van der Waals surface area contributed by atoms with Gasteiger partial charge in [-0.2, -0.15) is 5.10 Å². The van der Waals surface area contributed by atoms with Gasteiger partial charge in [-0.1, -0.05) is 12.1 Å². The molecule has 0 atom stereocenters. The van der Waals surface area contributed by atoms with Crippen molar-refractivity contribution in [2.24, 2.45) is 0 Å². The standard InChI is InChI=1S/C16H21N3O/c1-13-8-9-18-19(13)10-11-20-16-6-2-14(3-7-16)12-17-15-4-5-15/h2-3,6-9,15,17H,4-5,10-12H2,1H3. The molecule has 1 aliphatic carbocycles. The number of hydrogen-bond donors (Lipinski definition) is 1. The van der Waals surface area contributed by atoms with Gasteiger partial charge >= 0.3 is 0 Å². The van der Waals surface area contributed by atoms with Crippen LogP contribution in [0.4, 0.5) is 0 Å². The molecule has 1 fully saturated rings. The number of aromatic nitrogens is 2. The normalized spacial score (nSPS) is 14.4. The second-order valence-corrected chi connectivity index (χ2v) is 5.34. The van der Waals surface area contributed by atoms with E-state index in [0.717, 1.165) is 30.6 Å². The van der Waals surface area contributed by atoms with Crippen molar-refractivity contribution in [1.29, 1.82) is 0 Å². The van der Waals surface area contributed by atoms with Gasteiger partial charge in [-0.05, 0) is 43.5 Å². The fourth-order valence-corrected chi connectivity index (χ4v) is 2.14. The van der Waals surface area contributed by atoms with Crippen molar-refractivity contribution in [3.63, 3.8) is 0 Å². The molecule has 0 spiro atoms. The van der Waals surface area contributed by atoms with Crippen LogP contribution in [-0.2, 0) is 13.1 Å². The van der Waals surface area contributed by atoms with Crippen LogP contribution < -0.4 is 10.1 Å². The topological polar surface area (TPSA) is 39.1 Å². The van der Waals surface area contributed by atoms with Crippen molar-refractivity contribution in [2.45, 2.75) is 38.9 Å². The highest BCUT2D eigenvalue weighted by atomic mass is 16.5. The summed E-state index contributed by atoms with van der Waals surface area (Å²) in [5.74, 6) is 0.921. The first-order valence-electron chi connectivity index (χ1n) is 7.25. The lowest BCUT2D eigenvalue weighted by molar-refractivity contribution is 0.290. The Bertz CT molecular complexity index is 543. The van der Waals surface area contributed by atoms with Crippen molar-refractivity contribution < 1.29 is 4.74 Å². The molecule has 1 aromatic heterocycles. The molecular formula is C16H21N3O. The minimum atomic E-state index is 0.641. The SMILES string of the molecule is Cc1ccnn1CCOc1ccc(CNC2CC2)cc1. The maximum Gasteiger partial charge on any atom is 0.119 e. The molecule has 20 heavy (non-hydrogen) atoms. The summed E-state index contributed by atoms with van der Waals surface area (Å²) in [7, 11) is 0. The molecule has 3 rings (SSSR count). The van der Waals surface area contributed by atoms with E-state index < -0.39 is 0 Å². The maximum atomic E-state index is 5.75. The van der Waals surface area contributed by atoms with Crippen molar-refractivity contribution >= 4 is 0 Å². The van der Waals surface area contributed by atoms with Gasteiger partial charge in [0.15, 0.2) is 0 Å². The van der Waals surface area contributed by atoms with Gasteiger partial charge < -0.3 is 10.1 Å². The van der Waals surface area contributed by atoms with Crippen LogP contribution in [0.15, 0.2) is 36.5 Å². The van der Waals surface area contributed by atoms with Crippen molar-refractivity contribution in [2.75, 3.05) is 6.61 Å². The maximum absolute atomic E-state index is 5.75. The predicted molar refractivity (Wildman–Crippen MR) is 78.8 cm³/mol. The Hall–Kier alpha value is -1.81. The number of nitrogens with one attached hydrogen (secondary N) is 1. The minimum Gasteiger partial charge on any atom is -0.492 e. The predicted octanol–water partition coefficient (Wildman–Crippen LogP) is 2.52. The van der Waals surface area contributed by atoms with E-state index in [1.165, 1.54) is 18.4 Å². The summed E-state index contributed by atoms with van der Waals surface area (Å²) in [6.45, 7) is 4.43. The summed E-state index contributed by atoms with van der Waals surface area (Å²) in [5, 5.41) is 7.74. The van der Waals surface area contributed by atoms with E-state index in [1.807, 2.05) is 29.1 Å². The summed E-state index contributed by atoms with van der Waals surface area (Å²) >= 11 is 0. The molecule has 0 aliphatic heterocycles. The zero-order valence-electron chi connectivity index (χ0n) is 11.9. The molecular weight excluding hydrogens is 250 g/mol. The Morgan fingerprint density at radius 2 is 2.05 bits per heavy atom. The molecule has 4 nitrogen and oxygen atoms in total. The van der Waals surface area contributed by atoms with Gasteiger partial charge in [0.05, 0.1) is 6.54 Å². The first kappa shape index (κ1) is 13.2. The van der Waals surface area contributed by atoms with E-state index in [-0.39, 0.29) is 0 Å². The molecule has 2 aromatic rings. The average molecular weight is 271 g/mol. The molecule has 1 aliphatic rings. The number of aryl methyl sites for hydroxylation is 1. The molecule has 0 amide bonds. The van der Waals surface area contributed by atoms with E-state index in [2.05, 4.69) is 29.5 Å². The first-order valence-corrected chi connectivity index (χ1v) is 7.25.